The lowest BCUT2D eigenvalue weighted by Gasteiger charge is -2.14. The fourth-order valence-electron chi connectivity index (χ4n) is 3.43. The molecular weight excluding hydrogens is 410 g/mol. The van der Waals surface area contributed by atoms with Crippen LogP contribution in [0.5, 0.6) is 0 Å². The Morgan fingerprint density at radius 1 is 1.13 bits per heavy atom. The molecule has 1 amide bonds. The zero-order valence-corrected chi connectivity index (χ0v) is 19.1. The quantitative estimate of drug-likeness (QED) is 0.434. The zero-order chi connectivity index (χ0) is 22.4. The molecule has 1 aromatic heterocycles. The van der Waals surface area contributed by atoms with Gasteiger partial charge in [0.15, 0.2) is 0 Å². The van der Waals surface area contributed by atoms with Gasteiger partial charge in [0.25, 0.3) is 5.91 Å². The van der Waals surface area contributed by atoms with Gasteiger partial charge >= 0.3 is 0 Å². The molecule has 0 spiro atoms. The van der Waals surface area contributed by atoms with Gasteiger partial charge in [0.05, 0.1) is 5.69 Å². The number of nitrogens with one attached hydrogen (secondary N) is 2. The summed E-state index contributed by atoms with van der Waals surface area (Å²) in [6.07, 6.45) is 1.61. The number of anilines is 1. The molecule has 0 radical (unpaired) electrons. The molecule has 3 aromatic rings. The SMILES string of the molecule is CCc1ccccc1NC(=NCCc1c(C)nn(C)c1C)NC(=O)c1ccc(Cl)cc1. The van der Waals surface area contributed by atoms with Gasteiger partial charge in [0.1, 0.15) is 0 Å². The fourth-order valence-corrected chi connectivity index (χ4v) is 3.55. The van der Waals surface area contributed by atoms with Crippen LogP contribution in [0, 0.1) is 13.8 Å². The van der Waals surface area contributed by atoms with Crippen molar-refractivity contribution in [2.24, 2.45) is 12.0 Å². The lowest BCUT2D eigenvalue weighted by molar-refractivity contribution is 0.0977. The molecule has 0 atom stereocenters. The molecule has 0 unspecified atom stereocenters. The molecule has 2 aromatic carbocycles. The summed E-state index contributed by atoms with van der Waals surface area (Å²) >= 11 is 5.94. The minimum Gasteiger partial charge on any atom is -0.326 e. The molecule has 0 aliphatic carbocycles. The topological polar surface area (TPSA) is 71.3 Å². The summed E-state index contributed by atoms with van der Waals surface area (Å²) in [5, 5.41) is 11.3. The number of guanidine groups is 1. The van der Waals surface area contributed by atoms with Crippen molar-refractivity contribution in [3.63, 3.8) is 0 Å². The highest BCUT2D eigenvalue weighted by Crippen LogP contribution is 2.16. The van der Waals surface area contributed by atoms with Gasteiger partial charge in [-0.05, 0) is 68.1 Å². The molecule has 0 fully saturated rings. The maximum absolute atomic E-state index is 12.8. The first-order valence-electron chi connectivity index (χ1n) is 10.3. The highest BCUT2D eigenvalue weighted by Gasteiger charge is 2.12. The Morgan fingerprint density at radius 3 is 2.48 bits per heavy atom. The number of halogens is 1. The molecule has 6 nitrogen and oxygen atoms in total. The molecule has 3 rings (SSSR count). The van der Waals surface area contributed by atoms with E-state index in [4.69, 9.17) is 11.6 Å². The van der Waals surface area contributed by atoms with Crippen molar-refractivity contribution in [3.05, 3.63) is 81.6 Å². The second kappa shape index (κ2) is 10.3. The summed E-state index contributed by atoms with van der Waals surface area (Å²) in [6.45, 7) is 6.67. The Balaban J connectivity index is 1.81. The van der Waals surface area contributed by atoms with Gasteiger partial charge in [-0.15, -0.1) is 0 Å². The van der Waals surface area contributed by atoms with Gasteiger partial charge in [-0.2, -0.15) is 5.10 Å². The largest absolute Gasteiger partial charge is 0.326 e. The number of aryl methyl sites for hydroxylation is 3. The third kappa shape index (κ3) is 5.73. The Morgan fingerprint density at radius 2 is 1.84 bits per heavy atom. The van der Waals surface area contributed by atoms with Crippen molar-refractivity contribution in [1.29, 1.82) is 0 Å². The van der Waals surface area contributed by atoms with Crippen molar-refractivity contribution < 1.29 is 4.79 Å². The van der Waals surface area contributed by atoms with Crippen LogP contribution in [0.4, 0.5) is 5.69 Å². The Bertz CT molecular complexity index is 1090. The highest BCUT2D eigenvalue weighted by molar-refractivity contribution is 6.30. The first-order chi connectivity index (χ1) is 14.9. The number of amides is 1. The van der Waals surface area contributed by atoms with E-state index < -0.39 is 0 Å². The third-order valence-electron chi connectivity index (χ3n) is 5.28. The molecule has 0 aliphatic rings. The van der Waals surface area contributed by atoms with Crippen LogP contribution in [0.3, 0.4) is 0 Å². The number of benzene rings is 2. The molecule has 0 saturated heterocycles. The minimum atomic E-state index is -0.245. The smallest absolute Gasteiger partial charge is 0.257 e. The Hall–Kier alpha value is -3.12. The lowest BCUT2D eigenvalue weighted by atomic mass is 10.1. The van der Waals surface area contributed by atoms with E-state index in [0.717, 1.165) is 35.5 Å². The van der Waals surface area contributed by atoms with E-state index in [1.807, 2.05) is 36.9 Å². The van der Waals surface area contributed by atoms with E-state index in [9.17, 15) is 4.79 Å². The first kappa shape index (κ1) is 22.6. The Labute approximate surface area is 188 Å². The minimum absolute atomic E-state index is 0.245. The number of nitrogens with zero attached hydrogens (tertiary/aromatic N) is 3. The van der Waals surface area contributed by atoms with Crippen LogP contribution in [0.25, 0.3) is 0 Å². The summed E-state index contributed by atoms with van der Waals surface area (Å²) in [5.74, 6) is 0.172. The monoisotopic (exact) mass is 437 g/mol. The van der Waals surface area contributed by atoms with E-state index in [2.05, 4.69) is 40.6 Å². The predicted molar refractivity (Wildman–Crippen MR) is 127 cm³/mol. The average molecular weight is 438 g/mol. The van der Waals surface area contributed by atoms with Gasteiger partial charge in [-0.25, -0.2) is 0 Å². The maximum atomic E-state index is 12.8. The molecular formula is C24H28ClN5O. The van der Waals surface area contributed by atoms with Crippen molar-refractivity contribution in [2.45, 2.75) is 33.6 Å². The second-order valence-electron chi connectivity index (χ2n) is 7.35. The lowest BCUT2D eigenvalue weighted by Crippen LogP contribution is -2.36. The maximum Gasteiger partial charge on any atom is 0.257 e. The number of para-hydroxylation sites is 1. The number of hydrogen-bond donors (Lipinski definition) is 2. The number of aliphatic imine (C=N–C) groups is 1. The summed E-state index contributed by atoms with van der Waals surface area (Å²) in [4.78, 5) is 17.4. The molecule has 162 valence electrons. The van der Waals surface area contributed by atoms with Gasteiger partial charge < -0.3 is 5.32 Å². The first-order valence-corrected chi connectivity index (χ1v) is 10.7. The number of carbonyl (C=O) groups excluding carboxylic acids is 1. The summed E-state index contributed by atoms with van der Waals surface area (Å²) in [7, 11) is 1.94. The van der Waals surface area contributed by atoms with Crippen molar-refractivity contribution in [2.75, 3.05) is 11.9 Å². The number of hydrogen-bond acceptors (Lipinski definition) is 3. The molecule has 0 saturated carbocycles. The van der Waals surface area contributed by atoms with Crippen molar-refractivity contribution in [1.82, 2.24) is 15.1 Å². The van der Waals surface area contributed by atoms with Gasteiger partial charge in [-0.1, -0.05) is 36.7 Å². The molecule has 1 heterocycles. The Kier molecular flexibility index (Phi) is 7.47. The van der Waals surface area contributed by atoms with E-state index in [0.29, 0.717) is 23.1 Å². The summed E-state index contributed by atoms with van der Waals surface area (Å²) in [6, 6.07) is 14.8. The molecule has 2 N–H and O–H groups in total. The standard InChI is InChI=1S/C24H28ClN5O/c1-5-18-8-6-7-9-22(18)27-24(28-23(31)19-10-12-20(25)13-11-19)26-15-14-21-16(2)29-30(4)17(21)3/h6-13H,5,14-15H2,1-4H3,(H2,26,27,28,31). The van der Waals surface area contributed by atoms with Crippen molar-refractivity contribution >= 4 is 29.2 Å². The van der Waals surface area contributed by atoms with Crippen molar-refractivity contribution in [3.8, 4) is 0 Å². The van der Waals surface area contributed by atoms with Crippen LogP contribution in [0.2, 0.25) is 5.02 Å². The normalized spacial score (nSPS) is 11.5. The average Bonchev–Trinajstić information content (AvgIpc) is 3.00. The van der Waals surface area contributed by atoms with Crippen LogP contribution in [-0.4, -0.2) is 28.2 Å². The van der Waals surface area contributed by atoms with E-state index in [1.54, 1.807) is 24.3 Å². The number of carbonyl (C=O) groups is 1. The van der Waals surface area contributed by atoms with Gasteiger partial charge in [0, 0.05) is 35.6 Å². The van der Waals surface area contributed by atoms with E-state index >= 15 is 0 Å². The summed E-state index contributed by atoms with van der Waals surface area (Å²) < 4.78 is 1.88. The summed E-state index contributed by atoms with van der Waals surface area (Å²) in [5.41, 5.74) is 5.91. The highest BCUT2D eigenvalue weighted by atomic mass is 35.5. The van der Waals surface area contributed by atoms with Crippen LogP contribution in [-0.2, 0) is 19.9 Å². The number of rotatable bonds is 6. The second-order valence-corrected chi connectivity index (χ2v) is 7.79. The molecule has 7 heteroatoms. The van der Waals surface area contributed by atoms with E-state index in [1.165, 1.54) is 5.56 Å². The molecule has 0 aliphatic heterocycles. The van der Waals surface area contributed by atoms with Crippen LogP contribution >= 0.6 is 11.6 Å². The predicted octanol–water partition coefficient (Wildman–Crippen LogP) is 4.69. The van der Waals surface area contributed by atoms with Gasteiger partial charge in [-0.3, -0.25) is 19.8 Å². The van der Waals surface area contributed by atoms with Crippen LogP contribution in [0.1, 0.15) is 39.8 Å². The molecule has 0 bridgehead atoms. The van der Waals surface area contributed by atoms with Crippen LogP contribution < -0.4 is 10.6 Å². The zero-order valence-electron chi connectivity index (χ0n) is 18.4. The number of aromatic nitrogens is 2. The third-order valence-corrected chi connectivity index (χ3v) is 5.53. The fraction of sp³-hybridized carbons (Fsp3) is 0.292. The van der Waals surface area contributed by atoms with Gasteiger partial charge in [0.2, 0.25) is 5.96 Å². The van der Waals surface area contributed by atoms with Crippen LogP contribution in [0.15, 0.2) is 53.5 Å². The van der Waals surface area contributed by atoms with E-state index in [-0.39, 0.29) is 5.91 Å². The molecule has 31 heavy (non-hydrogen) atoms.